The molecule has 0 aliphatic carbocycles. The molecule has 9 aromatic carbocycles. The van der Waals surface area contributed by atoms with Gasteiger partial charge in [0, 0.05) is 44.2 Å². The Hall–Kier alpha value is -9.13. The first-order chi connectivity index (χ1) is 34.0. The van der Waals surface area contributed by atoms with Crippen molar-refractivity contribution < 1.29 is 0 Å². The van der Waals surface area contributed by atoms with Crippen molar-refractivity contribution in [2.75, 3.05) is 0 Å². The van der Waals surface area contributed by atoms with Gasteiger partial charge in [-0.2, -0.15) is 0 Å². The largest absolute Gasteiger partial charge is 0.308 e. The summed E-state index contributed by atoms with van der Waals surface area (Å²) >= 11 is 0. The number of aryl methyl sites for hydroxylation is 2. The van der Waals surface area contributed by atoms with E-state index in [0.29, 0.717) is 23.3 Å². The van der Waals surface area contributed by atoms with Crippen LogP contribution in [0.25, 0.3) is 118 Å². The molecule has 0 amide bonds. The van der Waals surface area contributed by atoms with Crippen LogP contribution in [0.5, 0.6) is 0 Å². The zero-order chi connectivity index (χ0) is 46.3. The number of nitrogens with zero attached hydrogens (tertiary/aromatic N) is 6. The average molecular weight is 885 g/mol. The van der Waals surface area contributed by atoms with Gasteiger partial charge < -0.3 is 4.57 Å². The lowest BCUT2D eigenvalue weighted by molar-refractivity contribution is 1.07. The molecule has 6 heteroatoms. The van der Waals surface area contributed by atoms with Crippen molar-refractivity contribution in [1.82, 2.24) is 29.5 Å². The summed E-state index contributed by atoms with van der Waals surface area (Å²) in [6.45, 7) is 4.29. The third-order valence-electron chi connectivity index (χ3n) is 12.8. The molecule has 0 radical (unpaired) electrons. The Balaban J connectivity index is 1.15. The van der Waals surface area contributed by atoms with E-state index < -0.39 is 0 Å². The number of aromatic nitrogens is 6. The Morgan fingerprint density at radius 1 is 0.275 bits per heavy atom. The average Bonchev–Trinajstić information content (AvgIpc) is 3.74. The summed E-state index contributed by atoms with van der Waals surface area (Å²) in [5.74, 6) is 2.31. The third-order valence-corrected chi connectivity index (χ3v) is 12.8. The second-order valence-corrected chi connectivity index (χ2v) is 17.5. The Bertz CT molecular complexity index is 3630. The Morgan fingerprint density at radius 2 is 0.667 bits per heavy atom. The molecule has 0 spiro atoms. The second-order valence-electron chi connectivity index (χ2n) is 17.5. The van der Waals surface area contributed by atoms with E-state index in [-0.39, 0.29) is 0 Å². The standard InChI is InChI=1S/C63H44N6/c1-41-17-15-27-47(35-41)49-29-32-57-52(37-49)53-38-50(48-28-16-18-42(2)36-48)30-33-58(53)69(57)59-34-31-51(62-67-60(45-23-11-5-12-24-45)66-61(68-62)46-25-13-6-14-26-46)39-54(59)63-64-55(43-19-7-3-8-20-43)40-56(65-63)44-21-9-4-10-22-44/h3-40H,1-2H3. The Kier molecular flexibility index (Phi) is 10.5. The quantitative estimate of drug-likeness (QED) is 0.144. The highest BCUT2D eigenvalue weighted by atomic mass is 15.0. The van der Waals surface area contributed by atoms with Crippen molar-refractivity contribution in [2.24, 2.45) is 0 Å². The first-order valence-electron chi connectivity index (χ1n) is 23.2. The van der Waals surface area contributed by atoms with Crippen LogP contribution in [0.15, 0.2) is 231 Å². The van der Waals surface area contributed by atoms with Crippen LogP contribution in [0.4, 0.5) is 0 Å². The molecule has 3 heterocycles. The van der Waals surface area contributed by atoms with Crippen LogP contribution in [0.2, 0.25) is 0 Å². The van der Waals surface area contributed by atoms with E-state index in [1.807, 2.05) is 72.8 Å². The van der Waals surface area contributed by atoms with Crippen LogP contribution in [0, 0.1) is 13.8 Å². The molecule has 69 heavy (non-hydrogen) atoms. The number of fused-ring (bicyclic) bond motifs is 3. The lowest BCUT2D eigenvalue weighted by Gasteiger charge is -2.17. The molecule has 0 saturated heterocycles. The van der Waals surface area contributed by atoms with Crippen LogP contribution in [-0.4, -0.2) is 29.5 Å². The summed E-state index contributed by atoms with van der Waals surface area (Å²) in [7, 11) is 0. The van der Waals surface area contributed by atoms with Gasteiger partial charge in [-0.05, 0) is 84.6 Å². The Morgan fingerprint density at radius 3 is 1.12 bits per heavy atom. The van der Waals surface area contributed by atoms with Crippen molar-refractivity contribution in [2.45, 2.75) is 13.8 Å². The highest BCUT2D eigenvalue weighted by Gasteiger charge is 2.22. The minimum absolute atomic E-state index is 0.547. The minimum Gasteiger partial charge on any atom is -0.308 e. The predicted molar refractivity (Wildman–Crippen MR) is 283 cm³/mol. The maximum atomic E-state index is 5.44. The van der Waals surface area contributed by atoms with Crippen LogP contribution < -0.4 is 0 Å². The summed E-state index contributed by atoms with van der Waals surface area (Å²) in [5, 5.41) is 2.30. The van der Waals surface area contributed by atoms with Crippen molar-refractivity contribution in [1.29, 1.82) is 0 Å². The van der Waals surface area contributed by atoms with Crippen molar-refractivity contribution in [3.05, 3.63) is 242 Å². The molecule has 0 N–H and O–H groups in total. The Labute approximate surface area is 401 Å². The summed E-state index contributed by atoms with van der Waals surface area (Å²) < 4.78 is 2.38. The molecule has 0 bridgehead atoms. The fourth-order valence-corrected chi connectivity index (χ4v) is 9.36. The molecule has 6 nitrogen and oxygen atoms in total. The first-order valence-corrected chi connectivity index (χ1v) is 23.2. The van der Waals surface area contributed by atoms with Crippen molar-refractivity contribution in [3.8, 4) is 96.0 Å². The van der Waals surface area contributed by atoms with Crippen LogP contribution in [0.3, 0.4) is 0 Å². The smallest absolute Gasteiger partial charge is 0.164 e. The molecule has 3 aromatic heterocycles. The van der Waals surface area contributed by atoms with E-state index in [9.17, 15) is 0 Å². The van der Waals surface area contributed by atoms with Crippen LogP contribution in [-0.2, 0) is 0 Å². The lowest BCUT2D eigenvalue weighted by Crippen LogP contribution is -2.04. The molecule has 12 rings (SSSR count). The highest BCUT2D eigenvalue weighted by molar-refractivity contribution is 6.12. The van der Waals surface area contributed by atoms with Gasteiger partial charge in [-0.1, -0.05) is 193 Å². The zero-order valence-electron chi connectivity index (χ0n) is 38.1. The van der Waals surface area contributed by atoms with Gasteiger partial charge in [-0.25, -0.2) is 24.9 Å². The summed E-state index contributed by atoms with van der Waals surface area (Å²) in [5.41, 5.74) is 17.3. The fraction of sp³-hybridized carbons (Fsp3) is 0.0317. The van der Waals surface area contributed by atoms with Crippen LogP contribution >= 0.6 is 0 Å². The molecule has 0 fully saturated rings. The first kappa shape index (κ1) is 41.3. The molecular formula is C63H44N6. The van der Waals surface area contributed by atoms with Gasteiger partial charge in [0.2, 0.25) is 0 Å². The van der Waals surface area contributed by atoms with E-state index in [1.54, 1.807) is 0 Å². The lowest BCUT2D eigenvalue weighted by atomic mass is 9.99. The molecule has 0 atom stereocenters. The van der Waals surface area contributed by atoms with Gasteiger partial charge in [-0.3, -0.25) is 0 Å². The van der Waals surface area contributed by atoms with E-state index in [0.717, 1.165) is 83.4 Å². The van der Waals surface area contributed by atoms with E-state index in [1.165, 1.54) is 22.3 Å². The molecule has 0 aliphatic rings. The molecule has 12 aromatic rings. The second kappa shape index (κ2) is 17.6. The van der Waals surface area contributed by atoms with Gasteiger partial charge in [0.05, 0.1) is 28.1 Å². The molecule has 0 saturated carbocycles. The maximum absolute atomic E-state index is 5.44. The summed E-state index contributed by atoms with van der Waals surface area (Å²) in [4.78, 5) is 26.2. The molecule has 0 unspecified atom stereocenters. The summed E-state index contributed by atoms with van der Waals surface area (Å²) in [6, 6.07) is 80.5. The van der Waals surface area contributed by atoms with Gasteiger partial charge >= 0.3 is 0 Å². The van der Waals surface area contributed by atoms with Crippen LogP contribution in [0.1, 0.15) is 11.1 Å². The predicted octanol–water partition coefficient (Wildman–Crippen LogP) is 15.7. The van der Waals surface area contributed by atoms with Gasteiger partial charge in [0.15, 0.2) is 23.3 Å². The van der Waals surface area contributed by atoms with E-state index in [4.69, 9.17) is 24.9 Å². The molecular weight excluding hydrogens is 841 g/mol. The van der Waals surface area contributed by atoms with E-state index >= 15 is 0 Å². The zero-order valence-corrected chi connectivity index (χ0v) is 38.1. The third kappa shape index (κ3) is 8.04. The van der Waals surface area contributed by atoms with Crippen molar-refractivity contribution >= 4 is 21.8 Å². The normalized spacial score (nSPS) is 11.3. The fourth-order valence-electron chi connectivity index (χ4n) is 9.36. The SMILES string of the molecule is Cc1cccc(-c2ccc3c(c2)c2cc(-c4cccc(C)c4)ccc2n3-c2ccc(-c3nc(-c4ccccc4)nc(-c4ccccc4)n3)cc2-c2nc(-c3ccccc3)cc(-c3ccccc3)n2)c1. The highest BCUT2D eigenvalue weighted by Crippen LogP contribution is 2.41. The van der Waals surface area contributed by atoms with Gasteiger partial charge in [0.25, 0.3) is 0 Å². The minimum atomic E-state index is 0.547. The topological polar surface area (TPSA) is 69.4 Å². The number of hydrogen-bond donors (Lipinski definition) is 0. The number of hydrogen-bond acceptors (Lipinski definition) is 5. The van der Waals surface area contributed by atoms with Gasteiger partial charge in [-0.15, -0.1) is 0 Å². The van der Waals surface area contributed by atoms with Crippen molar-refractivity contribution in [3.63, 3.8) is 0 Å². The molecule has 326 valence electrons. The number of rotatable bonds is 9. The molecule has 0 aliphatic heterocycles. The monoisotopic (exact) mass is 884 g/mol. The number of benzene rings is 9. The van der Waals surface area contributed by atoms with E-state index in [2.05, 4.69) is 176 Å². The van der Waals surface area contributed by atoms with Gasteiger partial charge in [0.1, 0.15) is 0 Å². The maximum Gasteiger partial charge on any atom is 0.164 e. The summed E-state index contributed by atoms with van der Waals surface area (Å²) in [6.07, 6.45) is 0.